The lowest BCUT2D eigenvalue weighted by molar-refractivity contribution is -0.128. The van der Waals surface area contributed by atoms with E-state index in [4.69, 9.17) is 0 Å². The number of amides is 2. The van der Waals surface area contributed by atoms with Gasteiger partial charge in [0.15, 0.2) is 0 Å². The molecule has 1 aromatic carbocycles. The van der Waals surface area contributed by atoms with Gasteiger partial charge in [-0.15, -0.1) is 0 Å². The van der Waals surface area contributed by atoms with Crippen molar-refractivity contribution in [1.82, 2.24) is 15.5 Å². The van der Waals surface area contributed by atoms with Crippen molar-refractivity contribution in [3.05, 3.63) is 35.4 Å². The number of carbonyl (C=O) groups excluding carboxylic acids is 2. The summed E-state index contributed by atoms with van der Waals surface area (Å²) in [6.45, 7) is 10.0. The minimum atomic E-state index is -0.394. The Morgan fingerprint density at radius 2 is 1.67 bits per heavy atom. The van der Waals surface area contributed by atoms with Gasteiger partial charge >= 0.3 is 0 Å². The third-order valence-corrected chi connectivity index (χ3v) is 4.26. The van der Waals surface area contributed by atoms with E-state index < -0.39 is 5.41 Å². The molecule has 0 radical (unpaired) electrons. The van der Waals surface area contributed by atoms with Crippen molar-refractivity contribution in [3.8, 4) is 0 Å². The summed E-state index contributed by atoms with van der Waals surface area (Å²) in [6.07, 6.45) is 2.53. The molecule has 2 N–H and O–H groups in total. The molecule has 0 aliphatic carbocycles. The predicted octanol–water partition coefficient (Wildman–Crippen LogP) is 2.17. The van der Waals surface area contributed by atoms with Crippen molar-refractivity contribution in [2.24, 2.45) is 5.41 Å². The molecule has 1 saturated heterocycles. The first-order chi connectivity index (χ1) is 11.4. The number of carbonyl (C=O) groups is 2. The summed E-state index contributed by atoms with van der Waals surface area (Å²) in [6, 6.07) is 7.39. The highest BCUT2D eigenvalue weighted by atomic mass is 16.2. The maximum Gasteiger partial charge on any atom is 0.251 e. The van der Waals surface area contributed by atoms with Crippen LogP contribution >= 0.6 is 0 Å². The molecule has 0 atom stereocenters. The van der Waals surface area contributed by atoms with Gasteiger partial charge in [-0.2, -0.15) is 0 Å². The molecule has 1 fully saturated rings. The lowest BCUT2D eigenvalue weighted by atomic mass is 9.95. The highest BCUT2D eigenvalue weighted by molar-refractivity contribution is 5.94. The molecule has 2 amide bonds. The zero-order valence-electron chi connectivity index (χ0n) is 15.0. The Morgan fingerprint density at radius 1 is 1.04 bits per heavy atom. The van der Waals surface area contributed by atoms with E-state index in [0.717, 1.165) is 25.2 Å². The van der Waals surface area contributed by atoms with Crippen LogP contribution in [0.2, 0.25) is 0 Å². The Labute approximate surface area is 144 Å². The molecule has 0 spiro atoms. The van der Waals surface area contributed by atoms with Gasteiger partial charge in [0, 0.05) is 30.6 Å². The number of rotatable bonds is 6. The van der Waals surface area contributed by atoms with Crippen LogP contribution in [0.15, 0.2) is 24.3 Å². The largest absolute Gasteiger partial charge is 0.352 e. The molecule has 2 rings (SSSR count). The minimum Gasteiger partial charge on any atom is -0.352 e. The van der Waals surface area contributed by atoms with Gasteiger partial charge in [0.1, 0.15) is 0 Å². The number of nitrogens with one attached hydrogen (secondary N) is 2. The van der Waals surface area contributed by atoms with E-state index in [0.29, 0.717) is 18.7 Å². The summed E-state index contributed by atoms with van der Waals surface area (Å²) in [5.41, 5.74) is 1.25. The number of hydrogen-bond donors (Lipinski definition) is 2. The second-order valence-corrected chi connectivity index (χ2v) is 7.43. The molecule has 5 heteroatoms. The van der Waals surface area contributed by atoms with E-state index in [1.54, 1.807) is 0 Å². The van der Waals surface area contributed by atoms with Gasteiger partial charge in [0.25, 0.3) is 5.91 Å². The van der Waals surface area contributed by atoms with Gasteiger partial charge in [0.2, 0.25) is 5.91 Å². The zero-order valence-corrected chi connectivity index (χ0v) is 15.0. The summed E-state index contributed by atoms with van der Waals surface area (Å²) in [7, 11) is 0. The topological polar surface area (TPSA) is 61.4 Å². The van der Waals surface area contributed by atoms with Crippen molar-refractivity contribution in [3.63, 3.8) is 0 Å². The molecule has 0 saturated carbocycles. The van der Waals surface area contributed by atoms with Crippen LogP contribution in [0.5, 0.6) is 0 Å². The van der Waals surface area contributed by atoms with Crippen LogP contribution in [0.25, 0.3) is 0 Å². The highest BCUT2D eigenvalue weighted by Gasteiger charge is 2.20. The van der Waals surface area contributed by atoms with Crippen LogP contribution < -0.4 is 10.6 Å². The van der Waals surface area contributed by atoms with Crippen molar-refractivity contribution >= 4 is 11.8 Å². The van der Waals surface area contributed by atoms with Crippen molar-refractivity contribution < 1.29 is 9.59 Å². The number of likely N-dealkylation sites (tertiary alicyclic amines) is 1. The Hall–Kier alpha value is -1.88. The maximum absolute atomic E-state index is 12.1. The average Bonchev–Trinajstić information content (AvgIpc) is 3.05. The molecular weight excluding hydrogens is 302 g/mol. The fourth-order valence-electron chi connectivity index (χ4n) is 2.66. The summed E-state index contributed by atoms with van der Waals surface area (Å²) < 4.78 is 0. The van der Waals surface area contributed by atoms with Gasteiger partial charge in [0.05, 0.1) is 0 Å². The zero-order chi connectivity index (χ0) is 17.6. The first-order valence-corrected chi connectivity index (χ1v) is 8.74. The molecule has 1 heterocycles. The van der Waals surface area contributed by atoms with Gasteiger partial charge in [-0.05, 0) is 43.6 Å². The fraction of sp³-hybridized carbons (Fsp3) is 0.579. The molecule has 5 nitrogen and oxygen atoms in total. The van der Waals surface area contributed by atoms with Crippen molar-refractivity contribution in [2.45, 2.75) is 40.2 Å². The van der Waals surface area contributed by atoms with Crippen LogP contribution in [0.1, 0.15) is 49.5 Å². The SMILES string of the molecule is CC(C)(C)C(=O)NCc1ccc(C(=O)NCCN2CCCC2)cc1. The Balaban J connectivity index is 1.76. The van der Waals surface area contributed by atoms with Crippen LogP contribution in [0.3, 0.4) is 0 Å². The lowest BCUT2D eigenvalue weighted by Gasteiger charge is -2.17. The van der Waals surface area contributed by atoms with E-state index in [2.05, 4.69) is 15.5 Å². The summed E-state index contributed by atoms with van der Waals surface area (Å²) in [4.78, 5) is 26.4. The standard InChI is InChI=1S/C19H29N3O2/c1-19(2,3)18(24)21-14-15-6-8-16(9-7-15)17(23)20-10-13-22-11-4-5-12-22/h6-9H,4-5,10-14H2,1-3H3,(H,20,23)(H,21,24). The maximum atomic E-state index is 12.1. The molecule has 1 aliphatic rings. The molecule has 0 aromatic heterocycles. The van der Waals surface area contributed by atoms with Crippen molar-refractivity contribution in [1.29, 1.82) is 0 Å². The summed E-state index contributed by atoms with van der Waals surface area (Å²) in [5, 5.41) is 5.87. The number of benzene rings is 1. The third-order valence-electron chi connectivity index (χ3n) is 4.26. The second-order valence-electron chi connectivity index (χ2n) is 7.43. The van der Waals surface area contributed by atoms with E-state index in [-0.39, 0.29) is 11.8 Å². The van der Waals surface area contributed by atoms with Gasteiger partial charge < -0.3 is 15.5 Å². The average molecular weight is 331 g/mol. The Kier molecular flexibility index (Phi) is 6.37. The molecule has 0 unspecified atom stereocenters. The third kappa shape index (κ3) is 5.64. The lowest BCUT2D eigenvalue weighted by Crippen LogP contribution is -2.34. The van der Waals surface area contributed by atoms with E-state index in [1.165, 1.54) is 12.8 Å². The Bertz CT molecular complexity index is 555. The van der Waals surface area contributed by atoms with E-state index >= 15 is 0 Å². The van der Waals surface area contributed by atoms with Crippen LogP contribution in [0.4, 0.5) is 0 Å². The van der Waals surface area contributed by atoms with E-state index in [1.807, 2.05) is 45.0 Å². The van der Waals surface area contributed by atoms with Gasteiger partial charge in [-0.25, -0.2) is 0 Å². The summed E-state index contributed by atoms with van der Waals surface area (Å²) in [5.74, 6) is -0.0225. The Morgan fingerprint density at radius 3 is 2.25 bits per heavy atom. The molecular formula is C19H29N3O2. The number of hydrogen-bond acceptors (Lipinski definition) is 3. The van der Waals surface area contributed by atoms with Crippen molar-refractivity contribution in [2.75, 3.05) is 26.2 Å². The first-order valence-electron chi connectivity index (χ1n) is 8.74. The normalized spacial score (nSPS) is 15.3. The molecule has 132 valence electrons. The minimum absolute atomic E-state index is 0.0197. The second kappa shape index (κ2) is 8.29. The molecule has 24 heavy (non-hydrogen) atoms. The first kappa shape index (κ1) is 18.5. The summed E-state index contributed by atoms with van der Waals surface area (Å²) >= 11 is 0. The van der Waals surface area contributed by atoms with Crippen LogP contribution in [0, 0.1) is 5.41 Å². The van der Waals surface area contributed by atoms with E-state index in [9.17, 15) is 9.59 Å². The fourth-order valence-corrected chi connectivity index (χ4v) is 2.66. The molecule has 0 bridgehead atoms. The van der Waals surface area contributed by atoms with Crippen LogP contribution in [-0.4, -0.2) is 42.9 Å². The van der Waals surface area contributed by atoms with Gasteiger partial charge in [-0.3, -0.25) is 9.59 Å². The van der Waals surface area contributed by atoms with Crippen LogP contribution in [-0.2, 0) is 11.3 Å². The smallest absolute Gasteiger partial charge is 0.251 e. The quantitative estimate of drug-likeness (QED) is 0.840. The molecule has 1 aliphatic heterocycles. The molecule has 1 aromatic rings. The predicted molar refractivity (Wildman–Crippen MR) is 95.8 cm³/mol. The highest BCUT2D eigenvalue weighted by Crippen LogP contribution is 2.13. The number of nitrogens with zero attached hydrogens (tertiary/aromatic N) is 1. The van der Waals surface area contributed by atoms with Gasteiger partial charge in [-0.1, -0.05) is 32.9 Å². The monoisotopic (exact) mass is 331 g/mol.